The molecule has 1 aliphatic rings. The molecule has 0 amide bonds. The summed E-state index contributed by atoms with van der Waals surface area (Å²) in [5.74, 6) is 0.896. The quantitative estimate of drug-likeness (QED) is 0.516. The van der Waals surface area contributed by atoms with E-state index in [-0.39, 0.29) is 19.1 Å². The Morgan fingerprint density at radius 3 is 2.64 bits per heavy atom. The molecule has 4 N–H and O–H groups in total. The van der Waals surface area contributed by atoms with Gasteiger partial charge in [0.2, 0.25) is 6.79 Å². The number of hydrogen-bond donors (Lipinski definition) is 2. The number of nitrogen functional groups attached to an aromatic ring is 1. The monoisotopic (exact) mass is 194 g/mol. The lowest BCUT2D eigenvalue weighted by atomic mass is 10.1. The van der Waals surface area contributed by atoms with E-state index >= 15 is 0 Å². The normalized spacial score (nSPS) is 12.9. The van der Waals surface area contributed by atoms with Gasteiger partial charge >= 0.3 is 0 Å². The van der Waals surface area contributed by atoms with E-state index in [2.05, 4.69) is 0 Å². The van der Waals surface area contributed by atoms with Gasteiger partial charge in [-0.3, -0.25) is 4.79 Å². The first-order valence-electron chi connectivity index (χ1n) is 4.14. The smallest absolute Gasteiger partial charge is 0.231 e. The first-order chi connectivity index (χ1) is 6.72. The standard InChI is InChI=1S/C9H10N2O3/c10-3-7(12)5-1-8-9(2-6(5)11)14-4-13-8/h1-2H,3-4,10-11H2. The highest BCUT2D eigenvalue weighted by molar-refractivity contribution is 6.02. The summed E-state index contributed by atoms with van der Waals surface area (Å²) < 4.78 is 10.2. The summed E-state index contributed by atoms with van der Waals surface area (Å²) in [6, 6.07) is 3.14. The Morgan fingerprint density at radius 1 is 1.36 bits per heavy atom. The molecule has 2 rings (SSSR count). The maximum absolute atomic E-state index is 11.3. The molecule has 0 saturated carbocycles. The molecule has 0 unspecified atom stereocenters. The minimum Gasteiger partial charge on any atom is -0.454 e. The van der Waals surface area contributed by atoms with E-state index in [1.165, 1.54) is 0 Å². The molecule has 0 bridgehead atoms. The Kier molecular flexibility index (Phi) is 2.01. The van der Waals surface area contributed by atoms with Crippen LogP contribution in [-0.2, 0) is 0 Å². The van der Waals surface area contributed by atoms with Crippen LogP contribution in [0.2, 0.25) is 0 Å². The number of nitrogens with two attached hydrogens (primary N) is 2. The fourth-order valence-corrected chi connectivity index (χ4v) is 1.31. The molecule has 0 fully saturated rings. The van der Waals surface area contributed by atoms with E-state index in [0.717, 1.165) is 0 Å². The predicted octanol–water partition coefficient (Wildman–Crippen LogP) is 0.139. The fraction of sp³-hybridized carbons (Fsp3) is 0.222. The average Bonchev–Trinajstić information content (AvgIpc) is 2.62. The second kappa shape index (κ2) is 3.19. The zero-order chi connectivity index (χ0) is 10.1. The van der Waals surface area contributed by atoms with Gasteiger partial charge in [0, 0.05) is 17.3 Å². The molecule has 0 saturated heterocycles. The summed E-state index contributed by atoms with van der Waals surface area (Å²) in [6.45, 7) is 0.0961. The van der Waals surface area contributed by atoms with Gasteiger partial charge in [0.15, 0.2) is 17.3 Å². The van der Waals surface area contributed by atoms with Crippen LogP contribution in [0.25, 0.3) is 0 Å². The maximum Gasteiger partial charge on any atom is 0.231 e. The van der Waals surface area contributed by atoms with E-state index in [4.69, 9.17) is 20.9 Å². The summed E-state index contributed by atoms with van der Waals surface area (Å²) in [7, 11) is 0. The van der Waals surface area contributed by atoms with Crippen molar-refractivity contribution in [2.24, 2.45) is 5.73 Å². The summed E-state index contributed by atoms with van der Waals surface area (Å²) in [6.07, 6.45) is 0. The van der Waals surface area contributed by atoms with Crippen LogP contribution in [-0.4, -0.2) is 19.1 Å². The van der Waals surface area contributed by atoms with Gasteiger partial charge in [0.05, 0.1) is 6.54 Å². The minimum atomic E-state index is -0.208. The highest BCUT2D eigenvalue weighted by atomic mass is 16.7. The number of ether oxygens (including phenoxy) is 2. The van der Waals surface area contributed by atoms with E-state index in [1.54, 1.807) is 12.1 Å². The molecule has 0 aliphatic carbocycles. The third kappa shape index (κ3) is 1.27. The van der Waals surface area contributed by atoms with Crippen molar-refractivity contribution in [3.05, 3.63) is 17.7 Å². The predicted molar refractivity (Wildman–Crippen MR) is 50.4 cm³/mol. The van der Waals surface area contributed by atoms with Crippen molar-refractivity contribution in [2.45, 2.75) is 0 Å². The molecule has 1 aromatic carbocycles. The summed E-state index contributed by atoms with van der Waals surface area (Å²) in [5, 5.41) is 0. The van der Waals surface area contributed by atoms with Crippen molar-refractivity contribution in [3.63, 3.8) is 0 Å². The van der Waals surface area contributed by atoms with Crippen LogP contribution in [0.5, 0.6) is 11.5 Å². The first kappa shape index (κ1) is 8.83. The summed E-state index contributed by atoms with van der Waals surface area (Å²) >= 11 is 0. The molecule has 5 nitrogen and oxygen atoms in total. The maximum atomic E-state index is 11.3. The van der Waals surface area contributed by atoms with Crippen LogP contribution >= 0.6 is 0 Å². The van der Waals surface area contributed by atoms with Crippen LogP contribution in [0.15, 0.2) is 12.1 Å². The Bertz CT molecular complexity index is 390. The van der Waals surface area contributed by atoms with Crippen molar-refractivity contribution in [1.82, 2.24) is 0 Å². The van der Waals surface area contributed by atoms with Crippen LogP contribution in [0, 0.1) is 0 Å². The lowest BCUT2D eigenvalue weighted by molar-refractivity contribution is 0.100. The van der Waals surface area contributed by atoms with E-state index in [9.17, 15) is 4.79 Å². The number of rotatable bonds is 2. The molecule has 1 aliphatic heterocycles. The van der Waals surface area contributed by atoms with Crippen LogP contribution in [0.4, 0.5) is 5.69 Å². The number of anilines is 1. The van der Waals surface area contributed by atoms with Gasteiger partial charge in [-0.1, -0.05) is 0 Å². The van der Waals surface area contributed by atoms with Gasteiger partial charge < -0.3 is 20.9 Å². The van der Waals surface area contributed by atoms with Crippen molar-refractivity contribution >= 4 is 11.5 Å². The van der Waals surface area contributed by atoms with Crippen molar-refractivity contribution in [1.29, 1.82) is 0 Å². The molecular weight excluding hydrogens is 184 g/mol. The zero-order valence-electron chi connectivity index (χ0n) is 7.45. The zero-order valence-corrected chi connectivity index (χ0v) is 7.45. The number of hydrogen-bond acceptors (Lipinski definition) is 5. The number of Topliss-reactive ketones (excluding diaryl/α,β-unsaturated/α-hetero) is 1. The number of carbonyl (C=O) groups excluding carboxylic acids is 1. The lowest BCUT2D eigenvalue weighted by Gasteiger charge is -2.04. The van der Waals surface area contributed by atoms with Crippen LogP contribution < -0.4 is 20.9 Å². The Morgan fingerprint density at radius 2 is 2.00 bits per heavy atom. The molecule has 5 heteroatoms. The Hall–Kier alpha value is -1.75. The third-order valence-electron chi connectivity index (χ3n) is 2.03. The van der Waals surface area contributed by atoms with Crippen molar-refractivity contribution in [2.75, 3.05) is 19.1 Å². The molecular formula is C9H10N2O3. The third-order valence-corrected chi connectivity index (χ3v) is 2.03. The van der Waals surface area contributed by atoms with E-state index in [0.29, 0.717) is 22.7 Å². The number of fused-ring (bicyclic) bond motifs is 1. The SMILES string of the molecule is NCC(=O)c1cc2c(cc1N)OCO2. The van der Waals surface area contributed by atoms with Crippen LogP contribution in [0.3, 0.4) is 0 Å². The van der Waals surface area contributed by atoms with Gasteiger partial charge in [0.1, 0.15) is 0 Å². The van der Waals surface area contributed by atoms with Gasteiger partial charge in [-0.15, -0.1) is 0 Å². The second-order valence-electron chi connectivity index (χ2n) is 2.92. The summed E-state index contributed by atoms with van der Waals surface area (Å²) in [5.41, 5.74) is 11.7. The Labute approximate surface area is 80.6 Å². The molecule has 1 aromatic rings. The van der Waals surface area contributed by atoms with E-state index in [1.807, 2.05) is 0 Å². The largest absolute Gasteiger partial charge is 0.454 e. The second-order valence-corrected chi connectivity index (χ2v) is 2.92. The molecule has 0 radical (unpaired) electrons. The fourth-order valence-electron chi connectivity index (χ4n) is 1.31. The van der Waals surface area contributed by atoms with Gasteiger partial charge in [-0.2, -0.15) is 0 Å². The molecule has 0 atom stereocenters. The molecule has 74 valence electrons. The lowest BCUT2D eigenvalue weighted by Crippen LogP contribution is -2.15. The average molecular weight is 194 g/mol. The van der Waals surface area contributed by atoms with Crippen molar-refractivity contribution in [3.8, 4) is 11.5 Å². The first-order valence-corrected chi connectivity index (χ1v) is 4.14. The van der Waals surface area contributed by atoms with Gasteiger partial charge in [0.25, 0.3) is 0 Å². The molecule has 1 heterocycles. The highest BCUT2D eigenvalue weighted by Crippen LogP contribution is 2.35. The number of benzene rings is 1. The van der Waals surface area contributed by atoms with E-state index < -0.39 is 0 Å². The molecule has 14 heavy (non-hydrogen) atoms. The topological polar surface area (TPSA) is 87.6 Å². The van der Waals surface area contributed by atoms with Crippen LogP contribution in [0.1, 0.15) is 10.4 Å². The summed E-state index contributed by atoms with van der Waals surface area (Å²) in [4.78, 5) is 11.3. The molecule has 0 spiro atoms. The minimum absolute atomic E-state index is 0.0656. The Balaban J connectivity index is 2.47. The van der Waals surface area contributed by atoms with Crippen molar-refractivity contribution < 1.29 is 14.3 Å². The van der Waals surface area contributed by atoms with Gasteiger partial charge in [-0.25, -0.2) is 0 Å². The number of ketones is 1. The molecule has 0 aromatic heterocycles. The number of carbonyl (C=O) groups is 1. The van der Waals surface area contributed by atoms with Gasteiger partial charge in [-0.05, 0) is 6.07 Å². The highest BCUT2D eigenvalue weighted by Gasteiger charge is 2.18.